The summed E-state index contributed by atoms with van der Waals surface area (Å²) in [7, 11) is 0. The second-order valence-corrected chi connectivity index (χ2v) is 10.6. The van der Waals surface area contributed by atoms with Crippen molar-refractivity contribution in [3.05, 3.63) is 106 Å². The second kappa shape index (κ2) is 10.1. The van der Waals surface area contributed by atoms with Crippen molar-refractivity contribution in [1.29, 1.82) is 0 Å². The van der Waals surface area contributed by atoms with E-state index >= 15 is 0 Å². The van der Waals surface area contributed by atoms with Crippen molar-refractivity contribution < 1.29 is 4.79 Å². The Kier molecular flexibility index (Phi) is 7.17. The van der Waals surface area contributed by atoms with Crippen LogP contribution in [0, 0.1) is 5.92 Å². The summed E-state index contributed by atoms with van der Waals surface area (Å²) in [6.07, 6.45) is 3.58. The number of ketones is 1. The third-order valence-corrected chi connectivity index (χ3v) is 7.67. The van der Waals surface area contributed by atoms with Gasteiger partial charge >= 0.3 is 0 Å². The Bertz CT molecular complexity index is 1090. The van der Waals surface area contributed by atoms with Gasteiger partial charge < -0.3 is 0 Å². The number of carbonyl (C=O) groups is 1. The highest BCUT2D eigenvalue weighted by Gasteiger charge is 2.30. The van der Waals surface area contributed by atoms with Crippen molar-refractivity contribution in [3.8, 4) is 0 Å². The first-order valence-corrected chi connectivity index (χ1v) is 12.7. The fourth-order valence-electron chi connectivity index (χ4n) is 5.67. The fourth-order valence-corrected chi connectivity index (χ4v) is 5.67. The van der Waals surface area contributed by atoms with Crippen LogP contribution in [-0.4, -0.2) is 5.78 Å². The average molecular weight is 439 g/mol. The Balaban J connectivity index is 1.70. The smallest absolute Gasteiger partial charge is 0.193 e. The first kappa shape index (κ1) is 23.5. The van der Waals surface area contributed by atoms with E-state index in [2.05, 4.69) is 89.2 Å². The van der Waals surface area contributed by atoms with E-state index in [1.807, 2.05) is 18.2 Å². The highest BCUT2D eigenvalue weighted by Crippen LogP contribution is 2.45. The molecule has 1 heteroatoms. The molecule has 0 aliphatic heterocycles. The predicted molar refractivity (Wildman–Crippen MR) is 139 cm³/mol. The van der Waals surface area contributed by atoms with Crippen LogP contribution >= 0.6 is 0 Å². The molecule has 0 N–H and O–H groups in total. The summed E-state index contributed by atoms with van der Waals surface area (Å²) in [5, 5.41) is 0. The van der Waals surface area contributed by atoms with E-state index in [1.54, 1.807) is 0 Å². The van der Waals surface area contributed by atoms with E-state index < -0.39 is 0 Å². The topological polar surface area (TPSA) is 17.1 Å². The number of carbonyl (C=O) groups excluding carboxylic acids is 1. The van der Waals surface area contributed by atoms with Gasteiger partial charge in [0.2, 0.25) is 0 Å². The molecule has 3 aromatic carbocycles. The largest absolute Gasteiger partial charge is 0.289 e. The standard InChI is InChI=1S/C32H38O/c1-21(2)27-13-9-10-14-29(27)32(33)31-20-26(17-18-28(31)22(3)4)25-16-15-23(5)30(19-25)24-11-7-6-8-12-24/h6-14,17-18,20-23,25,30H,15-16,19H2,1-5H3. The van der Waals surface area contributed by atoms with Gasteiger partial charge in [0.1, 0.15) is 0 Å². The van der Waals surface area contributed by atoms with Crippen molar-refractivity contribution in [2.45, 2.75) is 77.6 Å². The molecule has 3 atom stereocenters. The molecule has 33 heavy (non-hydrogen) atoms. The zero-order chi connectivity index (χ0) is 23.5. The van der Waals surface area contributed by atoms with Gasteiger partial charge in [0.25, 0.3) is 0 Å². The molecule has 0 amide bonds. The zero-order valence-corrected chi connectivity index (χ0v) is 20.8. The number of hydrogen-bond acceptors (Lipinski definition) is 1. The molecule has 4 rings (SSSR count). The van der Waals surface area contributed by atoms with Gasteiger partial charge in [0.15, 0.2) is 5.78 Å². The van der Waals surface area contributed by atoms with Crippen LogP contribution in [0.4, 0.5) is 0 Å². The Labute approximate surface area is 200 Å². The fraction of sp³-hybridized carbons (Fsp3) is 0.406. The van der Waals surface area contributed by atoms with Crippen molar-refractivity contribution in [2.75, 3.05) is 0 Å². The van der Waals surface area contributed by atoms with Crippen molar-refractivity contribution in [3.63, 3.8) is 0 Å². The summed E-state index contributed by atoms with van der Waals surface area (Å²) in [6, 6.07) is 25.9. The number of hydrogen-bond donors (Lipinski definition) is 0. The molecule has 1 aliphatic carbocycles. The lowest BCUT2D eigenvalue weighted by Crippen LogP contribution is -2.21. The highest BCUT2D eigenvalue weighted by atomic mass is 16.1. The van der Waals surface area contributed by atoms with E-state index in [-0.39, 0.29) is 5.78 Å². The lowest BCUT2D eigenvalue weighted by molar-refractivity contribution is 0.103. The summed E-state index contributed by atoms with van der Waals surface area (Å²) in [5.41, 5.74) is 6.83. The molecule has 0 radical (unpaired) electrons. The molecule has 1 nitrogen and oxygen atoms in total. The van der Waals surface area contributed by atoms with E-state index in [1.165, 1.54) is 24.0 Å². The first-order chi connectivity index (χ1) is 15.9. The molecule has 0 aromatic heterocycles. The van der Waals surface area contributed by atoms with Crippen molar-refractivity contribution in [1.82, 2.24) is 0 Å². The minimum atomic E-state index is 0.175. The minimum absolute atomic E-state index is 0.175. The summed E-state index contributed by atoms with van der Waals surface area (Å²) < 4.78 is 0. The summed E-state index contributed by atoms with van der Waals surface area (Å²) in [4.78, 5) is 13.9. The number of benzene rings is 3. The first-order valence-electron chi connectivity index (χ1n) is 12.7. The zero-order valence-electron chi connectivity index (χ0n) is 20.8. The van der Waals surface area contributed by atoms with Crippen LogP contribution in [0.15, 0.2) is 72.8 Å². The molecule has 1 saturated carbocycles. The molecule has 0 heterocycles. The van der Waals surface area contributed by atoms with E-state index in [0.717, 1.165) is 28.7 Å². The SMILES string of the molecule is CC(C)c1ccccc1C(=O)c1cc(C2CCC(C)C(c3ccccc3)C2)ccc1C(C)C. The second-order valence-electron chi connectivity index (χ2n) is 10.6. The Morgan fingerprint density at radius 3 is 2.06 bits per heavy atom. The Morgan fingerprint density at radius 2 is 1.36 bits per heavy atom. The Morgan fingerprint density at radius 1 is 0.727 bits per heavy atom. The van der Waals surface area contributed by atoms with E-state index in [0.29, 0.717) is 29.6 Å². The highest BCUT2D eigenvalue weighted by molar-refractivity contribution is 6.11. The average Bonchev–Trinajstić information content (AvgIpc) is 2.84. The minimum Gasteiger partial charge on any atom is -0.289 e. The van der Waals surface area contributed by atoms with Crippen LogP contribution < -0.4 is 0 Å². The van der Waals surface area contributed by atoms with Crippen LogP contribution in [-0.2, 0) is 0 Å². The normalized spacial score (nSPS) is 20.9. The van der Waals surface area contributed by atoms with Crippen LogP contribution in [0.25, 0.3) is 0 Å². The van der Waals surface area contributed by atoms with Gasteiger partial charge in [0.05, 0.1) is 0 Å². The van der Waals surface area contributed by atoms with Crippen LogP contribution in [0.2, 0.25) is 0 Å². The summed E-state index contributed by atoms with van der Waals surface area (Å²) in [5.74, 6) is 2.58. The van der Waals surface area contributed by atoms with Crippen LogP contribution in [0.1, 0.15) is 116 Å². The molecular formula is C32H38O. The van der Waals surface area contributed by atoms with Crippen molar-refractivity contribution >= 4 is 5.78 Å². The summed E-state index contributed by atoms with van der Waals surface area (Å²) in [6.45, 7) is 11.1. The Hall–Kier alpha value is -2.67. The van der Waals surface area contributed by atoms with Gasteiger partial charge in [-0.15, -0.1) is 0 Å². The van der Waals surface area contributed by atoms with Gasteiger partial charge in [-0.1, -0.05) is 101 Å². The molecule has 3 unspecified atom stereocenters. The quantitative estimate of drug-likeness (QED) is 0.351. The molecule has 0 saturated heterocycles. The summed E-state index contributed by atoms with van der Waals surface area (Å²) >= 11 is 0. The predicted octanol–water partition coefficient (Wildman–Crippen LogP) is 8.85. The van der Waals surface area contributed by atoms with Crippen LogP contribution in [0.3, 0.4) is 0 Å². The maximum absolute atomic E-state index is 13.9. The monoisotopic (exact) mass is 438 g/mol. The van der Waals surface area contributed by atoms with Crippen LogP contribution in [0.5, 0.6) is 0 Å². The third-order valence-electron chi connectivity index (χ3n) is 7.67. The maximum atomic E-state index is 13.9. The maximum Gasteiger partial charge on any atom is 0.193 e. The van der Waals surface area contributed by atoms with Gasteiger partial charge in [-0.25, -0.2) is 0 Å². The van der Waals surface area contributed by atoms with Gasteiger partial charge in [-0.3, -0.25) is 4.79 Å². The van der Waals surface area contributed by atoms with Crippen molar-refractivity contribution in [2.24, 2.45) is 5.92 Å². The molecule has 0 bridgehead atoms. The molecule has 1 aliphatic rings. The number of rotatable bonds is 6. The van der Waals surface area contributed by atoms with Gasteiger partial charge in [0, 0.05) is 11.1 Å². The molecular weight excluding hydrogens is 400 g/mol. The molecule has 1 fully saturated rings. The molecule has 0 spiro atoms. The van der Waals surface area contributed by atoms with Gasteiger partial charge in [-0.05, 0) is 77.2 Å². The van der Waals surface area contributed by atoms with Gasteiger partial charge in [-0.2, -0.15) is 0 Å². The molecule has 3 aromatic rings. The van der Waals surface area contributed by atoms with E-state index in [4.69, 9.17) is 0 Å². The third kappa shape index (κ3) is 4.98. The molecule has 172 valence electrons. The lowest BCUT2D eigenvalue weighted by Gasteiger charge is -2.35. The lowest BCUT2D eigenvalue weighted by atomic mass is 9.69. The van der Waals surface area contributed by atoms with E-state index in [9.17, 15) is 4.79 Å².